The number of benzene rings is 1. The van der Waals surface area contributed by atoms with Gasteiger partial charge < -0.3 is 10.3 Å². The fraction of sp³-hybridized carbons (Fsp3) is 0.529. The van der Waals surface area contributed by atoms with E-state index in [4.69, 9.17) is 0 Å². The Labute approximate surface area is 124 Å². The molecule has 0 amide bonds. The van der Waals surface area contributed by atoms with Crippen molar-refractivity contribution in [2.75, 3.05) is 6.26 Å². The van der Waals surface area contributed by atoms with E-state index in [0.717, 1.165) is 6.42 Å². The number of hydrogen-bond acceptors (Lipinski definition) is 2. The maximum Gasteiger partial charge on any atom is 0.0459 e. The summed E-state index contributed by atoms with van der Waals surface area (Å²) in [6.07, 6.45) is 6.90. The van der Waals surface area contributed by atoms with Gasteiger partial charge >= 0.3 is 0 Å². The Balaban J connectivity index is 1.84. The quantitative estimate of drug-likeness (QED) is 0.837. The van der Waals surface area contributed by atoms with Gasteiger partial charge in [0.2, 0.25) is 0 Å². The molecule has 1 saturated heterocycles. The minimum Gasteiger partial charge on any atom is -0.361 e. The molecule has 106 valence electrons. The number of thioether (sulfide) groups is 1. The van der Waals surface area contributed by atoms with E-state index < -0.39 is 0 Å². The van der Waals surface area contributed by atoms with Crippen LogP contribution in [0.4, 0.5) is 0 Å². The van der Waals surface area contributed by atoms with E-state index in [1.54, 1.807) is 5.56 Å². The fourth-order valence-corrected chi connectivity index (χ4v) is 4.92. The van der Waals surface area contributed by atoms with Gasteiger partial charge in [-0.3, -0.25) is 0 Å². The molecular weight excluding hydrogens is 264 g/mol. The van der Waals surface area contributed by atoms with Gasteiger partial charge in [-0.05, 0) is 50.1 Å². The maximum absolute atomic E-state index is 3.90. The van der Waals surface area contributed by atoms with Crippen molar-refractivity contribution >= 4 is 22.7 Å². The van der Waals surface area contributed by atoms with E-state index in [1.807, 2.05) is 11.8 Å². The summed E-state index contributed by atoms with van der Waals surface area (Å²) < 4.78 is 0.330. The van der Waals surface area contributed by atoms with E-state index in [9.17, 15) is 0 Å². The number of piperidine rings is 1. The zero-order chi connectivity index (χ0) is 13.9. The van der Waals surface area contributed by atoms with Crippen LogP contribution in [0.15, 0.2) is 24.4 Å². The van der Waals surface area contributed by atoms with Crippen LogP contribution in [0.3, 0.4) is 0 Å². The van der Waals surface area contributed by atoms with Gasteiger partial charge in [0, 0.05) is 39.8 Å². The highest BCUT2D eigenvalue weighted by Crippen LogP contribution is 2.47. The topological polar surface area (TPSA) is 27.8 Å². The minimum atomic E-state index is 0.330. The van der Waals surface area contributed by atoms with Crippen LogP contribution < -0.4 is 5.32 Å². The smallest absolute Gasteiger partial charge is 0.0459 e. The Morgan fingerprint density at radius 2 is 2.20 bits per heavy atom. The molecule has 2 N–H and O–H groups in total. The van der Waals surface area contributed by atoms with Gasteiger partial charge in [0.05, 0.1) is 0 Å². The molecule has 20 heavy (non-hydrogen) atoms. The molecule has 1 aromatic heterocycles. The molecule has 2 nitrogen and oxygen atoms in total. The Morgan fingerprint density at radius 3 is 3.00 bits per heavy atom. The average Bonchev–Trinajstić information content (AvgIpc) is 2.86. The standard InChI is InChI=1S/C17H22N2S/c1-10-17(2,20-3)8-13-12-5-4-6-14-16(12)11(9-18-14)7-15(13)19-10/h4-6,9-10,13,15,18-19H,7-8H2,1-3H3/t10?,13-,15-,17?/m1/s1. The lowest BCUT2D eigenvalue weighted by atomic mass is 9.71. The van der Waals surface area contributed by atoms with Gasteiger partial charge in [0.1, 0.15) is 0 Å². The van der Waals surface area contributed by atoms with Crippen molar-refractivity contribution in [3.8, 4) is 0 Å². The van der Waals surface area contributed by atoms with Crippen molar-refractivity contribution in [3.63, 3.8) is 0 Å². The summed E-state index contributed by atoms with van der Waals surface area (Å²) in [5.41, 5.74) is 4.35. The van der Waals surface area contributed by atoms with Gasteiger partial charge in [-0.15, -0.1) is 0 Å². The molecule has 1 aromatic carbocycles. The summed E-state index contributed by atoms with van der Waals surface area (Å²) in [7, 11) is 0. The molecule has 0 spiro atoms. The van der Waals surface area contributed by atoms with E-state index in [-0.39, 0.29) is 0 Å². The Kier molecular flexibility index (Phi) is 2.74. The number of rotatable bonds is 1. The van der Waals surface area contributed by atoms with Crippen LogP contribution in [0, 0.1) is 0 Å². The van der Waals surface area contributed by atoms with Crippen LogP contribution in [0.25, 0.3) is 10.9 Å². The monoisotopic (exact) mass is 286 g/mol. The largest absolute Gasteiger partial charge is 0.361 e. The Hall–Kier alpha value is -0.930. The second-order valence-corrected chi connectivity index (χ2v) is 7.95. The van der Waals surface area contributed by atoms with Crippen molar-refractivity contribution in [2.24, 2.45) is 0 Å². The molecule has 4 atom stereocenters. The van der Waals surface area contributed by atoms with E-state index in [1.165, 1.54) is 22.9 Å². The number of fused-ring (bicyclic) bond motifs is 2. The normalized spacial score (nSPS) is 36.0. The highest BCUT2D eigenvalue weighted by atomic mass is 32.2. The molecule has 3 heteroatoms. The van der Waals surface area contributed by atoms with Crippen LogP contribution in [-0.2, 0) is 6.42 Å². The third kappa shape index (κ3) is 1.63. The van der Waals surface area contributed by atoms with Gasteiger partial charge in [0.25, 0.3) is 0 Å². The zero-order valence-electron chi connectivity index (χ0n) is 12.4. The van der Waals surface area contributed by atoms with E-state index in [2.05, 4.69) is 54.8 Å². The average molecular weight is 286 g/mol. The van der Waals surface area contributed by atoms with Gasteiger partial charge in [-0.1, -0.05) is 12.1 Å². The number of aromatic nitrogens is 1. The lowest BCUT2D eigenvalue weighted by molar-refractivity contribution is 0.248. The van der Waals surface area contributed by atoms with Crippen LogP contribution in [0.5, 0.6) is 0 Å². The highest BCUT2D eigenvalue weighted by molar-refractivity contribution is 8.00. The van der Waals surface area contributed by atoms with Crippen molar-refractivity contribution in [1.29, 1.82) is 0 Å². The number of H-pyrrole nitrogens is 1. The van der Waals surface area contributed by atoms with E-state index in [0.29, 0.717) is 22.7 Å². The summed E-state index contributed by atoms with van der Waals surface area (Å²) in [6, 6.07) is 7.91. The van der Waals surface area contributed by atoms with Crippen LogP contribution >= 0.6 is 11.8 Å². The molecular formula is C17H22N2S. The maximum atomic E-state index is 3.90. The molecule has 0 saturated carbocycles. The fourth-order valence-electron chi connectivity index (χ4n) is 4.15. The summed E-state index contributed by atoms with van der Waals surface area (Å²) in [4.78, 5) is 3.44. The second-order valence-electron chi connectivity index (χ2n) is 6.61. The van der Waals surface area contributed by atoms with Gasteiger partial charge in [-0.2, -0.15) is 11.8 Å². The van der Waals surface area contributed by atoms with Crippen LogP contribution in [-0.4, -0.2) is 28.1 Å². The van der Waals surface area contributed by atoms with Crippen molar-refractivity contribution in [1.82, 2.24) is 10.3 Å². The molecule has 2 heterocycles. The Bertz CT molecular complexity index is 662. The van der Waals surface area contributed by atoms with Gasteiger partial charge in [0.15, 0.2) is 0 Å². The van der Waals surface area contributed by atoms with Crippen molar-refractivity contribution in [3.05, 3.63) is 35.5 Å². The molecule has 0 radical (unpaired) electrons. The molecule has 1 fully saturated rings. The van der Waals surface area contributed by atoms with Crippen molar-refractivity contribution in [2.45, 2.75) is 49.4 Å². The molecule has 4 rings (SSSR count). The number of hydrogen-bond donors (Lipinski definition) is 2. The Morgan fingerprint density at radius 1 is 1.35 bits per heavy atom. The first-order valence-electron chi connectivity index (χ1n) is 7.52. The number of aromatic amines is 1. The lowest BCUT2D eigenvalue weighted by Crippen LogP contribution is -2.58. The molecule has 2 unspecified atom stereocenters. The summed E-state index contributed by atoms with van der Waals surface area (Å²) in [5.74, 6) is 0.649. The summed E-state index contributed by atoms with van der Waals surface area (Å²) >= 11 is 2.01. The predicted molar refractivity (Wildman–Crippen MR) is 87.7 cm³/mol. The third-order valence-electron chi connectivity index (χ3n) is 5.62. The minimum absolute atomic E-state index is 0.330. The van der Waals surface area contributed by atoms with E-state index >= 15 is 0 Å². The number of nitrogens with one attached hydrogen (secondary N) is 2. The highest BCUT2D eigenvalue weighted by Gasteiger charge is 2.44. The second kappa shape index (κ2) is 4.28. The summed E-state index contributed by atoms with van der Waals surface area (Å²) in [5, 5.41) is 5.39. The van der Waals surface area contributed by atoms with Crippen LogP contribution in [0.1, 0.15) is 37.3 Å². The van der Waals surface area contributed by atoms with Crippen LogP contribution in [0.2, 0.25) is 0 Å². The molecule has 2 aromatic rings. The van der Waals surface area contributed by atoms with Gasteiger partial charge in [-0.25, -0.2) is 0 Å². The lowest BCUT2D eigenvalue weighted by Gasteiger charge is -2.49. The first kappa shape index (κ1) is 12.8. The summed E-state index contributed by atoms with van der Waals surface area (Å²) in [6.45, 7) is 4.76. The SMILES string of the molecule is CSC1(C)C[C@@H]2c3cccc4[nH]cc(c34)C[C@H]2NC1C. The molecule has 2 aliphatic rings. The van der Waals surface area contributed by atoms with Crippen molar-refractivity contribution < 1.29 is 0 Å². The zero-order valence-corrected chi connectivity index (χ0v) is 13.2. The first-order chi connectivity index (χ1) is 9.62. The molecule has 0 bridgehead atoms. The molecule has 1 aliphatic carbocycles. The first-order valence-corrected chi connectivity index (χ1v) is 8.75. The molecule has 1 aliphatic heterocycles. The third-order valence-corrected chi connectivity index (χ3v) is 7.07. The predicted octanol–water partition coefficient (Wildman–Crippen LogP) is 3.68.